The molecule has 1 aromatic heterocycles. The summed E-state index contributed by atoms with van der Waals surface area (Å²) in [5.41, 5.74) is 4.62. The van der Waals surface area contributed by atoms with Crippen LogP contribution in [0.2, 0.25) is 0 Å². The summed E-state index contributed by atoms with van der Waals surface area (Å²) < 4.78 is 10.8. The van der Waals surface area contributed by atoms with Crippen molar-refractivity contribution in [2.24, 2.45) is 0 Å². The van der Waals surface area contributed by atoms with E-state index in [0.717, 1.165) is 16.8 Å². The minimum absolute atomic E-state index is 0.213. The van der Waals surface area contributed by atoms with Gasteiger partial charge in [-0.15, -0.1) is 10.2 Å². The highest BCUT2D eigenvalue weighted by Crippen LogP contribution is 2.21. The number of benzene rings is 2. The fraction of sp³-hybridized carbons (Fsp3) is 0.227. The second-order valence-corrected chi connectivity index (χ2v) is 6.53. The molecule has 6 nitrogen and oxygen atoms in total. The van der Waals surface area contributed by atoms with Crippen molar-refractivity contribution in [1.29, 1.82) is 0 Å². The monoisotopic (exact) mass is 377 g/mol. The number of hydrogen-bond donors (Lipinski definition) is 1. The zero-order valence-corrected chi connectivity index (χ0v) is 16.4. The van der Waals surface area contributed by atoms with Gasteiger partial charge in [0.05, 0.1) is 12.8 Å². The number of methoxy groups -OCH3 is 1. The molecule has 1 heterocycles. The van der Waals surface area contributed by atoms with Gasteiger partial charge in [0.1, 0.15) is 5.75 Å². The number of carbonyl (C=O) groups is 1. The van der Waals surface area contributed by atoms with Gasteiger partial charge in [0, 0.05) is 17.3 Å². The summed E-state index contributed by atoms with van der Waals surface area (Å²) in [6, 6.07) is 16.8. The van der Waals surface area contributed by atoms with Crippen LogP contribution < -0.4 is 14.8 Å². The van der Waals surface area contributed by atoms with Crippen LogP contribution >= 0.6 is 0 Å². The number of anilines is 1. The average Bonchev–Trinajstić information content (AvgIpc) is 2.71. The molecule has 144 valence electrons. The summed E-state index contributed by atoms with van der Waals surface area (Å²) in [6.07, 6.45) is -0.616. The first kappa shape index (κ1) is 19.4. The molecule has 0 aliphatic heterocycles. The normalized spacial score (nSPS) is 11.6. The number of hydrogen-bond acceptors (Lipinski definition) is 5. The first-order chi connectivity index (χ1) is 13.5. The molecule has 0 spiro atoms. The number of ether oxygens (including phenoxy) is 2. The van der Waals surface area contributed by atoms with Crippen molar-refractivity contribution in [3.63, 3.8) is 0 Å². The third-order valence-electron chi connectivity index (χ3n) is 4.46. The van der Waals surface area contributed by atoms with Crippen LogP contribution in [0.1, 0.15) is 18.1 Å². The highest BCUT2D eigenvalue weighted by Gasteiger charge is 2.15. The average molecular weight is 377 g/mol. The smallest absolute Gasteiger partial charge is 0.265 e. The van der Waals surface area contributed by atoms with E-state index in [-0.39, 0.29) is 5.91 Å². The zero-order chi connectivity index (χ0) is 20.1. The van der Waals surface area contributed by atoms with E-state index in [1.807, 2.05) is 62.4 Å². The Morgan fingerprint density at radius 1 is 0.964 bits per heavy atom. The molecule has 0 saturated heterocycles. The number of aryl methyl sites for hydroxylation is 2. The third-order valence-corrected chi connectivity index (χ3v) is 4.46. The fourth-order valence-corrected chi connectivity index (χ4v) is 2.60. The number of rotatable bonds is 6. The molecule has 0 aliphatic carbocycles. The van der Waals surface area contributed by atoms with Gasteiger partial charge in [0.2, 0.25) is 5.88 Å². The molecule has 0 fully saturated rings. The maximum atomic E-state index is 12.4. The lowest BCUT2D eigenvalue weighted by molar-refractivity contribution is -0.122. The lowest BCUT2D eigenvalue weighted by atomic mass is 10.1. The molecule has 1 amide bonds. The van der Waals surface area contributed by atoms with Crippen molar-refractivity contribution in [1.82, 2.24) is 10.2 Å². The number of carbonyl (C=O) groups excluding carboxylic acids is 1. The molecule has 0 radical (unpaired) electrons. The molecule has 28 heavy (non-hydrogen) atoms. The molecule has 1 N–H and O–H groups in total. The Kier molecular flexibility index (Phi) is 5.89. The third kappa shape index (κ3) is 4.65. The molecule has 3 rings (SSSR count). The lowest BCUT2D eigenvalue weighted by Gasteiger charge is -2.15. The maximum absolute atomic E-state index is 12.4. The van der Waals surface area contributed by atoms with Gasteiger partial charge in [0.15, 0.2) is 6.10 Å². The Hall–Kier alpha value is -3.41. The lowest BCUT2D eigenvalue weighted by Crippen LogP contribution is -2.30. The molecule has 6 heteroatoms. The highest BCUT2D eigenvalue weighted by molar-refractivity contribution is 5.94. The van der Waals surface area contributed by atoms with Gasteiger partial charge in [0.25, 0.3) is 5.91 Å². The minimum Gasteiger partial charge on any atom is -0.481 e. The molecule has 0 aliphatic rings. The summed E-state index contributed by atoms with van der Waals surface area (Å²) >= 11 is 0. The van der Waals surface area contributed by atoms with E-state index in [4.69, 9.17) is 9.47 Å². The Morgan fingerprint density at radius 3 is 2.32 bits per heavy atom. The zero-order valence-electron chi connectivity index (χ0n) is 16.4. The summed E-state index contributed by atoms with van der Waals surface area (Å²) in [6.45, 7) is 5.78. The standard InChI is InChI=1S/C22H23N3O3/c1-14-5-10-19(13-15(14)2)28-16(3)22(26)23-18-8-6-17(7-9-18)20-11-12-21(27-4)25-24-20/h5-13,16H,1-4H3,(H,23,26). The summed E-state index contributed by atoms with van der Waals surface area (Å²) in [5.74, 6) is 0.930. The number of amides is 1. The quantitative estimate of drug-likeness (QED) is 0.698. The molecule has 1 atom stereocenters. The highest BCUT2D eigenvalue weighted by atomic mass is 16.5. The van der Waals surface area contributed by atoms with Crippen LogP contribution in [0.3, 0.4) is 0 Å². The molecule has 1 unspecified atom stereocenters. The summed E-state index contributed by atoms with van der Waals surface area (Å²) in [4.78, 5) is 12.4. The first-order valence-electron chi connectivity index (χ1n) is 8.99. The van der Waals surface area contributed by atoms with Crippen LogP contribution in [-0.4, -0.2) is 29.3 Å². The van der Waals surface area contributed by atoms with E-state index in [0.29, 0.717) is 17.3 Å². The number of aromatic nitrogens is 2. The second kappa shape index (κ2) is 8.52. The molecular weight excluding hydrogens is 354 g/mol. The minimum atomic E-state index is -0.616. The van der Waals surface area contributed by atoms with Gasteiger partial charge in [-0.25, -0.2) is 0 Å². The SMILES string of the molecule is COc1ccc(-c2ccc(NC(=O)C(C)Oc3ccc(C)c(C)c3)cc2)nn1. The fourth-order valence-electron chi connectivity index (χ4n) is 2.60. The van der Waals surface area contributed by atoms with Gasteiger partial charge in [-0.1, -0.05) is 18.2 Å². The van der Waals surface area contributed by atoms with Crippen LogP contribution in [0.25, 0.3) is 11.3 Å². The van der Waals surface area contributed by atoms with Crippen molar-refractivity contribution < 1.29 is 14.3 Å². The van der Waals surface area contributed by atoms with Gasteiger partial charge in [-0.2, -0.15) is 0 Å². The van der Waals surface area contributed by atoms with Gasteiger partial charge in [-0.05, 0) is 62.2 Å². The predicted octanol–water partition coefficient (Wildman–Crippen LogP) is 4.18. The van der Waals surface area contributed by atoms with E-state index < -0.39 is 6.10 Å². The maximum Gasteiger partial charge on any atom is 0.265 e. The first-order valence-corrected chi connectivity index (χ1v) is 8.99. The van der Waals surface area contributed by atoms with Crippen molar-refractivity contribution in [3.8, 4) is 22.9 Å². The number of nitrogens with zero attached hydrogens (tertiary/aromatic N) is 2. The molecule has 0 bridgehead atoms. The Balaban J connectivity index is 1.62. The Morgan fingerprint density at radius 2 is 1.71 bits per heavy atom. The topological polar surface area (TPSA) is 73.3 Å². The van der Waals surface area contributed by atoms with E-state index in [1.54, 1.807) is 20.1 Å². The largest absolute Gasteiger partial charge is 0.481 e. The predicted molar refractivity (Wildman–Crippen MR) is 109 cm³/mol. The van der Waals surface area contributed by atoms with E-state index >= 15 is 0 Å². The Labute approximate surface area is 164 Å². The molecule has 2 aromatic carbocycles. The van der Waals surface area contributed by atoms with Crippen molar-refractivity contribution in [3.05, 3.63) is 65.7 Å². The molecule has 3 aromatic rings. The molecule has 0 saturated carbocycles. The van der Waals surface area contributed by atoms with Gasteiger partial charge in [-0.3, -0.25) is 4.79 Å². The van der Waals surface area contributed by atoms with E-state index in [9.17, 15) is 4.79 Å². The van der Waals surface area contributed by atoms with Crippen LogP contribution in [-0.2, 0) is 4.79 Å². The van der Waals surface area contributed by atoms with Gasteiger partial charge < -0.3 is 14.8 Å². The van der Waals surface area contributed by atoms with Crippen molar-refractivity contribution >= 4 is 11.6 Å². The second-order valence-electron chi connectivity index (χ2n) is 6.53. The van der Waals surface area contributed by atoms with Crippen LogP contribution in [0.15, 0.2) is 54.6 Å². The summed E-state index contributed by atoms with van der Waals surface area (Å²) in [7, 11) is 1.55. The molecular formula is C22H23N3O3. The summed E-state index contributed by atoms with van der Waals surface area (Å²) in [5, 5.41) is 10.9. The van der Waals surface area contributed by atoms with E-state index in [1.165, 1.54) is 5.56 Å². The van der Waals surface area contributed by atoms with E-state index in [2.05, 4.69) is 15.5 Å². The van der Waals surface area contributed by atoms with Gasteiger partial charge >= 0.3 is 0 Å². The van der Waals surface area contributed by atoms with Crippen LogP contribution in [0.4, 0.5) is 5.69 Å². The van der Waals surface area contributed by atoms with Crippen molar-refractivity contribution in [2.45, 2.75) is 26.9 Å². The van der Waals surface area contributed by atoms with Crippen LogP contribution in [0.5, 0.6) is 11.6 Å². The number of nitrogens with one attached hydrogen (secondary N) is 1. The Bertz CT molecular complexity index is 954. The van der Waals surface area contributed by atoms with Crippen molar-refractivity contribution in [2.75, 3.05) is 12.4 Å². The van der Waals surface area contributed by atoms with Crippen LogP contribution in [0, 0.1) is 13.8 Å².